The van der Waals surface area contributed by atoms with Crippen molar-refractivity contribution >= 4 is 14.4 Å². The van der Waals surface area contributed by atoms with Crippen LogP contribution in [0.25, 0.3) is 0 Å². The minimum absolute atomic E-state index is 0.540. The highest BCUT2D eigenvalue weighted by molar-refractivity contribution is 7.43. The van der Waals surface area contributed by atoms with Gasteiger partial charge in [0.2, 0.25) is 0 Å². The van der Waals surface area contributed by atoms with Gasteiger partial charge in [-0.1, -0.05) is 6.58 Å². The second-order valence-electron chi connectivity index (χ2n) is 1.06. The monoisotopic (exact) mass is 150 g/mol. The molecule has 0 saturated carbocycles. The number of amides is 1. The van der Waals surface area contributed by atoms with Gasteiger partial charge in [-0.2, -0.15) is 0 Å². The fourth-order valence-electron chi connectivity index (χ4n) is 0.133. The van der Waals surface area contributed by atoms with Crippen LogP contribution in [0.4, 0.5) is 0 Å². The molecule has 0 radical (unpaired) electrons. The lowest BCUT2D eigenvalue weighted by Gasteiger charge is -2.01. The van der Waals surface area contributed by atoms with E-state index in [0.29, 0.717) is 0 Å². The van der Waals surface area contributed by atoms with Crippen LogP contribution >= 0.6 is 8.53 Å². The summed E-state index contributed by atoms with van der Waals surface area (Å²) < 4.78 is 4.12. The van der Waals surface area contributed by atoms with Crippen LogP contribution in [0.3, 0.4) is 0 Å². The van der Waals surface area contributed by atoms with E-state index in [1.807, 2.05) is 5.48 Å². The van der Waals surface area contributed by atoms with Crippen LogP contribution in [0.2, 0.25) is 0 Å². The SMILES string of the molecule is C=CC(=O)NOP(N)O. The zero-order chi connectivity index (χ0) is 7.28. The van der Waals surface area contributed by atoms with Crippen molar-refractivity contribution in [1.82, 2.24) is 5.48 Å². The van der Waals surface area contributed by atoms with Gasteiger partial charge in [0, 0.05) is 0 Å². The average molecular weight is 150 g/mol. The molecule has 0 aromatic carbocycles. The maximum Gasteiger partial charge on any atom is 0.274 e. The summed E-state index contributed by atoms with van der Waals surface area (Å²) in [4.78, 5) is 18.5. The molecular weight excluding hydrogens is 143 g/mol. The van der Waals surface area contributed by atoms with Gasteiger partial charge < -0.3 is 4.89 Å². The summed E-state index contributed by atoms with van der Waals surface area (Å²) in [6, 6.07) is 0. The molecule has 0 aliphatic heterocycles. The Bertz CT molecular complexity index is 116. The Hall–Kier alpha value is -0.480. The summed E-state index contributed by atoms with van der Waals surface area (Å²) in [7, 11) is -2.02. The van der Waals surface area contributed by atoms with Gasteiger partial charge in [-0.15, -0.1) is 0 Å². The number of hydroxylamine groups is 1. The van der Waals surface area contributed by atoms with E-state index in [-0.39, 0.29) is 0 Å². The Morgan fingerprint density at radius 3 is 2.89 bits per heavy atom. The highest BCUT2D eigenvalue weighted by Gasteiger charge is 1.97. The Labute approximate surface area is 53.4 Å². The average Bonchev–Trinajstić information content (AvgIpc) is 1.83. The molecule has 0 bridgehead atoms. The summed E-state index contributed by atoms with van der Waals surface area (Å²) in [6.07, 6.45) is 0.999. The summed E-state index contributed by atoms with van der Waals surface area (Å²) in [5.41, 5.74) is 6.57. The highest BCUT2D eigenvalue weighted by atomic mass is 31.2. The lowest BCUT2D eigenvalue weighted by molar-refractivity contribution is -0.122. The van der Waals surface area contributed by atoms with Crippen molar-refractivity contribution in [3.63, 3.8) is 0 Å². The first kappa shape index (κ1) is 8.52. The lowest BCUT2D eigenvalue weighted by atomic mass is 10.6. The Morgan fingerprint density at radius 1 is 2.00 bits per heavy atom. The zero-order valence-corrected chi connectivity index (χ0v) is 5.47. The predicted octanol–water partition coefficient (Wildman–Crippen LogP) is -0.602. The van der Waals surface area contributed by atoms with E-state index in [1.54, 1.807) is 0 Å². The van der Waals surface area contributed by atoms with Crippen molar-refractivity contribution in [2.75, 3.05) is 0 Å². The first-order valence-corrected chi connectivity index (χ1v) is 3.28. The molecule has 0 heterocycles. The van der Waals surface area contributed by atoms with Gasteiger partial charge in [-0.3, -0.25) is 10.3 Å². The van der Waals surface area contributed by atoms with E-state index in [4.69, 9.17) is 10.4 Å². The molecule has 6 heteroatoms. The second-order valence-corrected chi connectivity index (χ2v) is 1.85. The van der Waals surface area contributed by atoms with Gasteiger partial charge in [0.15, 0.2) is 0 Å². The third kappa shape index (κ3) is 5.39. The van der Waals surface area contributed by atoms with Crippen molar-refractivity contribution < 1.29 is 14.3 Å². The number of rotatable bonds is 3. The van der Waals surface area contributed by atoms with E-state index in [1.165, 1.54) is 0 Å². The fourth-order valence-corrected chi connectivity index (χ4v) is 0.317. The third-order valence-electron chi connectivity index (χ3n) is 0.425. The van der Waals surface area contributed by atoms with Crippen molar-refractivity contribution in [2.45, 2.75) is 0 Å². The van der Waals surface area contributed by atoms with E-state index in [9.17, 15) is 4.79 Å². The molecule has 9 heavy (non-hydrogen) atoms. The molecule has 1 unspecified atom stereocenters. The van der Waals surface area contributed by atoms with Crippen molar-refractivity contribution in [3.05, 3.63) is 12.7 Å². The Kier molecular flexibility index (Phi) is 4.17. The number of carbonyl (C=O) groups excluding carboxylic acids is 1. The van der Waals surface area contributed by atoms with E-state index in [2.05, 4.69) is 11.2 Å². The predicted molar refractivity (Wildman–Crippen MR) is 32.8 cm³/mol. The largest absolute Gasteiger partial charge is 0.337 e. The van der Waals surface area contributed by atoms with Crippen LogP contribution in [-0.2, 0) is 9.42 Å². The lowest BCUT2D eigenvalue weighted by Crippen LogP contribution is -2.19. The molecule has 1 amide bonds. The number of nitrogens with two attached hydrogens (primary N) is 1. The molecule has 1 atom stereocenters. The van der Waals surface area contributed by atoms with Gasteiger partial charge in [0.25, 0.3) is 14.4 Å². The van der Waals surface area contributed by atoms with Crippen LogP contribution in [0.5, 0.6) is 0 Å². The second kappa shape index (κ2) is 4.40. The molecule has 0 spiro atoms. The Morgan fingerprint density at radius 2 is 2.56 bits per heavy atom. The molecule has 0 fully saturated rings. The standard InChI is InChI=1S/C3H7N2O3P/c1-2-3(6)5-8-9(4)7/h2,7H,1,4H2,(H,5,6). The third-order valence-corrected chi connectivity index (χ3v) is 0.704. The van der Waals surface area contributed by atoms with Gasteiger partial charge in [0.05, 0.1) is 0 Å². The first-order valence-electron chi connectivity index (χ1n) is 2.00. The Balaban J connectivity index is 3.27. The minimum Gasteiger partial charge on any atom is -0.337 e. The molecule has 0 aromatic rings. The van der Waals surface area contributed by atoms with Crippen LogP contribution in [-0.4, -0.2) is 10.8 Å². The van der Waals surface area contributed by atoms with E-state index >= 15 is 0 Å². The van der Waals surface area contributed by atoms with E-state index in [0.717, 1.165) is 6.08 Å². The number of hydrogen-bond acceptors (Lipinski definition) is 4. The minimum atomic E-state index is -2.02. The molecule has 4 N–H and O–H groups in total. The molecule has 0 saturated heterocycles. The first-order chi connectivity index (χ1) is 4.16. The summed E-state index contributed by atoms with van der Waals surface area (Å²) in [6.45, 7) is 3.13. The molecule has 5 nitrogen and oxygen atoms in total. The smallest absolute Gasteiger partial charge is 0.274 e. The van der Waals surface area contributed by atoms with Crippen LogP contribution in [0, 0.1) is 0 Å². The fraction of sp³-hybridized carbons (Fsp3) is 0. The number of carbonyl (C=O) groups is 1. The van der Waals surface area contributed by atoms with Gasteiger partial charge in [-0.25, -0.2) is 10.1 Å². The molecular formula is C3H7N2O3P. The molecule has 0 aliphatic carbocycles. The van der Waals surface area contributed by atoms with Gasteiger partial charge in [-0.05, 0) is 6.08 Å². The zero-order valence-electron chi connectivity index (χ0n) is 4.57. The number of nitrogens with one attached hydrogen (secondary N) is 1. The van der Waals surface area contributed by atoms with Crippen LogP contribution in [0.15, 0.2) is 12.7 Å². The maximum absolute atomic E-state index is 10.2. The van der Waals surface area contributed by atoms with E-state index < -0.39 is 14.4 Å². The quantitative estimate of drug-likeness (QED) is 0.285. The molecule has 0 rings (SSSR count). The summed E-state index contributed by atoms with van der Waals surface area (Å²) in [5.74, 6) is -0.540. The highest BCUT2D eigenvalue weighted by Crippen LogP contribution is 2.15. The normalized spacial score (nSPS) is 12.2. The summed E-state index contributed by atoms with van der Waals surface area (Å²) >= 11 is 0. The molecule has 0 aromatic heterocycles. The van der Waals surface area contributed by atoms with Crippen molar-refractivity contribution in [1.29, 1.82) is 0 Å². The van der Waals surface area contributed by atoms with Crippen LogP contribution < -0.4 is 11.0 Å². The molecule has 52 valence electrons. The van der Waals surface area contributed by atoms with Crippen molar-refractivity contribution in [3.8, 4) is 0 Å². The van der Waals surface area contributed by atoms with Crippen molar-refractivity contribution in [2.24, 2.45) is 5.50 Å². The van der Waals surface area contributed by atoms with Gasteiger partial charge >= 0.3 is 0 Å². The molecule has 0 aliphatic rings. The summed E-state index contributed by atoms with van der Waals surface area (Å²) in [5, 5.41) is 0. The number of hydrogen-bond donors (Lipinski definition) is 3. The topological polar surface area (TPSA) is 84.6 Å². The van der Waals surface area contributed by atoms with Crippen LogP contribution in [0.1, 0.15) is 0 Å². The van der Waals surface area contributed by atoms with Gasteiger partial charge in [0.1, 0.15) is 0 Å². The maximum atomic E-state index is 10.2.